The molecular formula is C25H24N4O3S2. The first-order valence-electron chi connectivity index (χ1n) is 11.1. The predicted octanol–water partition coefficient (Wildman–Crippen LogP) is 5.88. The molecule has 2 aromatic carbocycles. The molecule has 0 spiro atoms. The van der Waals surface area contributed by atoms with E-state index in [-0.39, 0.29) is 10.6 Å². The number of nitrogens with two attached hydrogens (primary N) is 1. The first-order chi connectivity index (χ1) is 16.5. The Morgan fingerprint density at radius 1 is 1.24 bits per heavy atom. The van der Waals surface area contributed by atoms with Crippen LogP contribution in [-0.2, 0) is 11.3 Å². The van der Waals surface area contributed by atoms with Crippen LogP contribution in [0.25, 0.3) is 22.0 Å². The summed E-state index contributed by atoms with van der Waals surface area (Å²) in [7, 11) is 0. The Morgan fingerprint density at radius 3 is 2.82 bits per heavy atom. The van der Waals surface area contributed by atoms with E-state index in [1.165, 1.54) is 17.4 Å². The standard InChI is InChI=1S/C25H24N4O3S2/c26-24(33)18-3-1-2-17(13-18)21-15-28(19-6-9-32-10-7-19)23-12-16(4-5-20(21)23)14-27-25-22(29(30)31)8-11-34-25/h1-5,8,11-13,15,19,27H,6-7,9-10,14H2,(H2,26,33). The quantitative estimate of drug-likeness (QED) is 0.190. The molecule has 34 heavy (non-hydrogen) atoms. The molecule has 0 saturated carbocycles. The minimum Gasteiger partial charge on any atom is -0.389 e. The van der Waals surface area contributed by atoms with Crippen LogP contribution < -0.4 is 11.1 Å². The fourth-order valence-electron chi connectivity index (χ4n) is 4.50. The summed E-state index contributed by atoms with van der Waals surface area (Å²) in [5, 5.41) is 17.9. The monoisotopic (exact) mass is 492 g/mol. The van der Waals surface area contributed by atoms with Gasteiger partial charge in [0.15, 0.2) is 5.00 Å². The number of hydrogen-bond acceptors (Lipinski definition) is 6. The van der Waals surface area contributed by atoms with Gasteiger partial charge in [0.25, 0.3) is 0 Å². The largest absolute Gasteiger partial charge is 0.389 e. The van der Waals surface area contributed by atoms with Gasteiger partial charge in [0.1, 0.15) is 4.99 Å². The Bertz CT molecular complexity index is 1370. The third-order valence-electron chi connectivity index (χ3n) is 6.24. The zero-order chi connectivity index (χ0) is 23.7. The van der Waals surface area contributed by atoms with E-state index < -0.39 is 0 Å². The molecule has 1 aliphatic heterocycles. The van der Waals surface area contributed by atoms with Gasteiger partial charge < -0.3 is 20.4 Å². The molecule has 0 aliphatic carbocycles. The van der Waals surface area contributed by atoms with Gasteiger partial charge in [0.05, 0.1) is 4.92 Å². The molecule has 3 heterocycles. The molecule has 2 aromatic heterocycles. The Labute approximate surface area is 206 Å². The molecular weight excluding hydrogens is 468 g/mol. The summed E-state index contributed by atoms with van der Waals surface area (Å²) in [6.07, 6.45) is 4.14. The lowest BCUT2D eigenvalue weighted by Crippen LogP contribution is -2.19. The fraction of sp³-hybridized carbons (Fsp3) is 0.240. The number of hydrogen-bond donors (Lipinski definition) is 2. The predicted molar refractivity (Wildman–Crippen MR) is 141 cm³/mol. The maximum atomic E-state index is 11.2. The number of nitrogens with one attached hydrogen (secondary N) is 1. The lowest BCUT2D eigenvalue weighted by Gasteiger charge is -2.24. The molecule has 1 saturated heterocycles. The normalized spacial score (nSPS) is 14.4. The van der Waals surface area contributed by atoms with Crippen molar-refractivity contribution in [3.05, 3.63) is 81.3 Å². The zero-order valence-electron chi connectivity index (χ0n) is 18.4. The minimum absolute atomic E-state index is 0.108. The Morgan fingerprint density at radius 2 is 2.06 bits per heavy atom. The van der Waals surface area contributed by atoms with Gasteiger partial charge >= 0.3 is 5.69 Å². The first-order valence-corrected chi connectivity index (χ1v) is 12.4. The second-order valence-electron chi connectivity index (χ2n) is 8.34. The fourth-order valence-corrected chi connectivity index (χ4v) is 5.38. The van der Waals surface area contributed by atoms with Crippen molar-refractivity contribution >= 4 is 50.1 Å². The highest BCUT2D eigenvalue weighted by Gasteiger charge is 2.21. The summed E-state index contributed by atoms with van der Waals surface area (Å²) in [6.45, 7) is 2.00. The molecule has 9 heteroatoms. The van der Waals surface area contributed by atoms with Crippen LogP contribution in [0.3, 0.4) is 0 Å². The molecule has 0 unspecified atom stereocenters. The van der Waals surface area contributed by atoms with Gasteiger partial charge in [-0.2, -0.15) is 0 Å². The number of nitrogens with zero attached hydrogens (tertiary/aromatic N) is 2. The van der Waals surface area contributed by atoms with Crippen molar-refractivity contribution in [2.24, 2.45) is 5.73 Å². The SMILES string of the molecule is NC(=S)c1cccc(-c2cn(C3CCOCC3)c3cc(CNc4sccc4[N+](=O)[O-])ccc23)c1. The number of aromatic nitrogens is 1. The van der Waals surface area contributed by atoms with Gasteiger partial charge in [-0.3, -0.25) is 10.1 Å². The number of benzene rings is 2. The maximum absolute atomic E-state index is 11.2. The van der Waals surface area contributed by atoms with Crippen LogP contribution in [0.2, 0.25) is 0 Å². The molecule has 0 amide bonds. The highest BCUT2D eigenvalue weighted by Crippen LogP contribution is 2.36. The number of thiophene rings is 1. The number of thiocarbonyl (C=S) groups is 1. The summed E-state index contributed by atoms with van der Waals surface area (Å²) in [5.41, 5.74) is 11.2. The Kier molecular flexibility index (Phi) is 6.32. The highest BCUT2D eigenvalue weighted by atomic mass is 32.1. The Balaban J connectivity index is 1.54. The van der Waals surface area contributed by atoms with Crippen molar-refractivity contribution < 1.29 is 9.66 Å². The molecule has 3 N–H and O–H groups in total. The van der Waals surface area contributed by atoms with Crippen LogP contribution in [0.5, 0.6) is 0 Å². The molecule has 4 aromatic rings. The molecule has 0 radical (unpaired) electrons. The van der Waals surface area contributed by atoms with Crippen molar-refractivity contribution in [2.75, 3.05) is 18.5 Å². The summed E-state index contributed by atoms with van der Waals surface area (Å²) in [5.74, 6) is 0. The first kappa shape index (κ1) is 22.5. The number of nitro groups is 1. The number of anilines is 1. The molecule has 5 rings (SSSR count). The number of ether oxygens (including phenoxy) is 1. The zero-order valence-corrected chi connectivity index (χ0v) is 20.0. The highest BCUT2D eigenvalue weighted by molar-refractivity contribution is 7.80. The third kappa shape index (κ3) is 4.42. The van der Waals surface area contributed by atoms with E-state index in [1.807, 2.05) is 18.2 Å². The summed E-state index contributed by atoms with van der Waals surface area (Å²) >= 11 is 6.53. The smallest absolute Gasteiger partial charge is 0.303 e. The molecule has 1 fully saturated rings. The van der Waals surface area contributed by atoms with E-state index in [9.17, 15) is 10.1 Å². The molecule has 7 nitrogen and oxygen atoms in total. The van der Waals surface area contributed by atoms with Gasteiger partial charge in [-0.15, -0.1) is 11.3 Å². The number of fused-ring (bicyclic) bond motifs is 1. The van der Waals surface area contributed by atoms with E-state index in [1.54, 1.807) is 5.38 Å². The van der Waals surface area contributed by atoms with Crippen LogP contribution in [0.15, 0.2) is 60.1 Å². The van der Waals surface area contributed by atoms with E-state index in [0.717, 1.165) is 59.2 Å². The van der Waals surface area contributed by atoms with Crippen molar-refractivity contribution in [2.45, 2.75) is 25.4 Å². The van der Waals surface area contributed by atoms with E-state index >= 15 is 0 Å². The van der Waals surface area contributed by atoms with E-state index in [2.05, 4.69) is 40.3 Å². The lowest BCUT2D eigenvalue weighted by atomic mass is 10.0. The molecule has 0 atom stereocenters. The van der Waals surface area contributed by atoms with Gasteiger partial charge in [0.2, 0.25) is 0 Å². The second-order valence-corrected chi connectivity index (χ2v) is 9.69. The topological polar surface area (TPSA) is 95.3 Å². The second kappa shape index (κ2) is 9.54. The van der Waals surface area contributed by atoms with Gasteiger partial charge in [-0.25, -0.2) is 0 Å². The van der Waals surface area contributed by atoms with Gasteiger partial charge in [-0.1, -0.05) is 42.5 Å². The summed E-state index contributed by atoms with van der Waals surface area (Å²) < 4.78 is 7.95. The summed E-state index contributed by atoms with van der Waals surface area (Å²) in [4.78, 5) is 11.3. The van der Waals surface area contributed by atoms with Crippen LogP contribution in [0, 0.1) is 10.1 Å². The molecule has 0 bridgehead atoms. The average Bonchev–Trinajstić information content (AvgIpc) is 3.48. The average molecular weight is 493 g/mol. The maximum Gasteiger partial charge on any atom is 0.303 e. The summed E-state index contributed by atoms with van der Waals surface area (Å²) in [6, 6.07) is 16.3. The van der Waals surface area contributed by atoms with Gasteiger partial charge in [0, 0.05) is 60.1 Å². The third-order valence-corrected chi connectivity index (χ3v) is 7.33. The van der Waals surface area contributed by atoms with Crippen LogP contribution >= 0.6 is 23.6 Å². The number of rotatable bonds is 7. The van der Waals surface area contributed by atoms with Crippen molar-refractivity contribution in [1.29, 1.82) is 0 Å². The van der Waals surface area contributed by atoms with Crippen LogP contribution in [0.1, 0.15) is 30.0 Å². The van der Waals surface area contributed by atoms with Crippen molar-refractivity contribution in [1.82, 2.24) is 4.57 Å². The van der Waals surface area contributed by atoms with Crippen LogP contribution in [-0.4, -0.2) is 27.7 Å². The van der Waals surface area contributed by atoms with E-state index in [0.29, 0.717) is 22.6 Å². The molecule has 174 valence electrons. The minimum atomic E-state index is -0.355. The van der Waals surface area contributed by atoms with Crippen LogP contribution in [0.4, 0.5) is 10.7 Å². The van der Waals surface area contributed by atoms with Gasteiger partial charge in [-0.05, 0) is 41.5 Å². The molecule has 1 aliphatic rings. The van der Waals surface area contributed by atoms with Crippen molar-refractivity contribution in [3.8, 4) is 11.1 Å². The lowest BCUT2D eigenvalue weighted by molar-refractivity contribution is -0.383. The Hall–Kier alpha value is -3.27. The van der Waals surface area contributed by atoms with Crippen molar-refractivity contribution in [3.63, 3.8) is 0 Å². The van der Waals surface area contributed by atoms with E-state index in [4.69, 9.17) is 22.7 Å².